The van der Waals surface area contributed by atoms with Crippen LogP contribution in [-0.4, -0.2) is 28.1 Å². The number of fused-ring (bicyclic) bond motifs is 3. The first-order valence-corrected chi connectivity index (χ1v) is 8.88. The second-order valence-electron chi connectivity index (χ2n) is 5.85. The Bertz CT molecular complexity index is 906. The normalized spacial score (nSPS) is 13.9. The Balaban J connectivity index is 1.48. The molecule has 0 bridgehead atoms. The van der Waals surface area contributed by atoms with Crippen molar-refractivity contribution < 1.29 is 9.52 Å². The Labute approximate surface area is 143 Å². The topological polar surface area (TPSA) is 63.0 Å². The molecule has 1 N–H and O–H groups in total. The predicted octanol–water partition coefficient (Wildman–Crippen LogP) is 2.48. The van der Waals surface area contributed by atoms with Crippen LogP contribution in [0.5, 0.6) is 0 Å². The Hall–Kier alpha value is -2.47. The highest BCUT2D eigenvalue weighted by molar-refractivity contribution is 7.99. The molecule has 6 heteroatoms. The molecule has 3 aromatic rings. The van der Waals surface area contributed by atoms with Gasteiger partial charge in [0.25, 0.3) is 5.03 Å². The van der Waals surface area contributed by atoms with Gasteiger partial charge in [0.05, 0.1) is 5.75 Å². The van der Waals surface area contributed by atoms with Crippen LogP contribution < -0.4 is 4.73 Å². The third-order valence-electron chi connectivity index (χ3n) is 4.37. The van der Waals surface area contributed by atoms with Gasteiger partial charge in [0, 0.05) is 53.8 Å². The van der Waals surface area contributed by atoms with E-state index in [1.807, 2.05) is 17.0 Å². The van der Waals surface area contributed by atoms with Crippen molar-refractivity contribution in [3.63, 3.8) is 0 Å². The number of pyridine rings is 1. The minimum absolute atomic E-state index is 0.0692. The van der Waals surface area contributed by atoms with Gasteiger partial charge < -0.3 is 15.1 Å². The average Bonchev–Trinajstić information content (AvgIpc) is 2.98. The lowest BCUT2D eigenvalue weighted by atomic mass is 10.0. The molecule has 1 aliphatic heterocycles. The summed E-state index contributed by atoms with van der Waals surface area (Å²) in [5.41, 5.74) is 3.57. The monoisotopic (exact) mass is 339 g/mol. The quantitative estimate of drug-likeness (QED) is 0.453. The van der Waals surface area contributed by atoms with Gasteiger partial charge >= 0.3 is 0 Å². The van der Waals surface area contributed by atoms with Gasteiger partial charge in [-0.2, -0.15) is 4.73 Å². The van der Waals surface area contributed by atoms with Crippen molar-refractivity contribution in [2.75, 3.05) is 12.3 Å². The van der Waals surface area contributed by atoms with Crippen LogP contribution in [0.4, 0.5) is 0 Å². The van der Waals surface area contributed by atoms with Gasteiger partial charge in [-0.3, -0.25) is 4.79 Å². The van der Waals surface area contributed by atoms with E-state index in [0.29, 0.717) is 18.1 Å². The average molecular weight is 339 g/mol. The van der Waals surface area contributed by atoms with Crippen LogP contribution in [0, 0.1) is 5.21 Å². The zero-order valence-electron chi connectivity index (χ0n) is 13.1. The van der Waals surface area contributed by atoms with Gasteiger partial charge in [-0.05, 0) is 23.9 Å². The van der Waals surface area contributed by atoms with Crippen LogP contribution in [0.2, 0.25) is 0 Å². The zero-order chi connectivity index (χ0) is 16.5. The minimum atomic E-state index is 0.0692. The zero-order valence-corrected chi connectivity index (χ0v) is 13.9. The molecule has 2 aromatic heterocycles. The first-order chi connectivity index (χ1) is 11.7. The van der Waals surface area contributed by atoms with Crippen molar-refractivity contribution in [1.29, 1.82) is 0 Å². The summed E-state index contributed by atoms with van der Waals surface area (Å²) in [4.78, 5) is 17.9. The van der Waals surface area contributed by atoms with Gasteiger partial charge in [-0.1, -0.05) is 18.2 Å². The molecule has 3 heterocycles. The van der Waals surface area contributed by atoms with Crippen molar-refractivity contribution >= 4 is 28.6 Å². The molecule has 24 heavy (non-hydrogen) atoms. The van der Waals surface area contributed by atoms with Crippen LogP contribution in [-0.2, 0) is 17.8 Å². The number of carbonyl (C=O) groups excluding carboxylic acids is 1. The molecular weight excluding hydrogens is 322 g/mol. The Morgan fingerprint density at radius 1 is 1.25 bits per heavy atom. The number of nitrogens with one attached hydrogen (secondary N) is 1. The van der Waals surface area contributed by atoms with E-state index in [4.69, 9.17) is 0 Å². The van der Waals surface area contributed by atoms with Gasteiger partial charge in [0.2, 0.25) is 5.91 Å². The molecule has 0 aliphatic carbocycles. The lowest BCUT2D eigenvalue weighted by molar-refractivity contribution is -0.645. The Morgan fingerprint density at radius 3 is 2.96 bits per heavy atom. The molecule has 0 spiro atoms. The molecule has 122 valence electrons. The number of aromatic nitrogens is 2. The highest BCUT2D eigenvalue weighted by atomic mass is 32.2. The summed E-state index contributed by atoms with van der Waals surface area (Å²) in [6, 6.07) is 13.4. The number of H-pyrrole nitrogens is 1. The number of rotatable bonds is 3. The van der Waals surface area contributed by atoms with E-state index in [-0.39, 0.29) is 11.7 Å². The number of nitrogens with zero attached hydrogens (tertiary/aromatic N) is 2. The number of thioether (sulfide) groups is 1. The number of benzene rings is 1. The van der Waals surface area contributed by atoms with E-state index in [0.717, 1.165) is 16.7 Å². The molecule has 0 unspecified atom stereocenters. The SMILES string of the molecule is O=C(CSc1cccc[n+]1[O-])N1CCc2[nH]c3ccccc3c2C1. The largest absolute Gasteiger partial charge is 0.618 e. The van der Waals surface area contributed by atoms with Crippen LogP contribution in [0.25, 0.3) is 10.9 Å². The molecule has 0 saturated carbocycles. The maximum atomic E-state index is 12.5. The number of amides is 1. The first-order valence-electron chi connectivity index (χ1n) is 7.89. The first kappa shape index (κ1) is 15.1. The third kappa shape index (κ3) is 2.73. The van der Waals surface area contributed by atoms with E-state index in [1.54, 1.807) is 18.2 Å². The Morgan fingerprint density at radius 2 is 2.08 bits per heavy atom. The molecule has 1 amide bonds. The lowest BCUT2D eigenvalue weighted by Crippen LogP contribution is -2.37. The number of carbonyl (C=O) groups is 1. The van der Waals surface area contributed by atoms with Crippen molar-refractivity contribution in [3.05, 3.63) is 65.1 Å². The third-order valence-corrected chi connectivity index (χ3v) is 5.37. The molecule has 0 fully saturated rings. The minimum Gasteiger partial charge on any atom is -0.618 e. The molecular formula is C18H17N3O2S. The summed E-state index contributed by atoms with van der Waals surface area (Å²) in [5, 5.41) is 13.4. The van der Waals surface area contributed by atoms with E-state index in [2.05, 4.69) is 17.1 Å². The van der Waals surface area contributed by atoms with E-state index >= 15 is 0 Å². The number of hydrogen-bond donors (Lipinski definition) is 1. The fourth-order valence-corrected chi connectivity index (χ4v) is 3.95. The molecule has 0 atom stereocenters. The predicted molar refractivity (Wildman–Crippen MR) is 93.5 cm³/mol. The number of hydrogen-bond acceptors (Lipinski definition) is 3. The van der Waals surface area contributed by atoms with Crippen LogP contribution in [0.3, 0.4) is 0 Å². The van der Waals surface area contributed by atoms with Gasteiger partial charge in [0.1, 0.15) is 0 Å². The maximum absolute atomic E-state index is 12.5. The van der Waals surface area contributed by atoms with E-state index < -0.39 is 0 Å². The maximum Gasteiger partial charge on any atom is 0.251 e. The summed E-state index contributed by atoms with van der Waals surface area (Å²) < 4.78 is 0.798. The van der Waals surface area contributed by atoms with Crippen LogP contribution >= 0.6 is 11.8 Å². The molecule has 5 nitrogen and oxygen atoms in total. The summed E-state index contributed by atoms with van der Waals surface area (Å²) >= 11 is 1.29. The highest BCUT2D eigenvalue weighted by Crippen LogP contribution is 2.28. The second kappa shape index (κ2) is 6.20. The van der Waals surface area contributed by atoms with Gasteiger partial charge in [-0.25, -0.2) is 0 Å². The van der Waals surface area contributed by atoms with Crippen LogP contribution in [0.15, 0.2) is 53.7 Å². The molecule has 0 radical (unpaired) electrons. The smallest absolute Gasteiger partial charge is 0.251 e. The molecule has 4 rings (SSSR count). The number of para-hydroxylation sites is 1. The van der Waals surface area contributed by atoms with E-state index in [9.17, 15) is 10.0 Å². The molecule has 0 saturated heterocycles. The van der Waals surface area contributed by atoms with Crippen molar-refractivity contribution in [2.45, 2.75) is 18.0 Å². The van der Waals surface area contributed by atoms with Gasteiger partial charge in [-0.15, -0.1) is 0 Å². The van der Waals surface area contributed by atoms with Gasteiger partial charge in [0.15, 0.2) is 6.20 Å². The summed E-state index contributed by atoms with van der Waals surface area (Å²) in [5.74, 6) is 0.351. The van der Waals surface area contributed by atoms with Crippen molar-refractivity contribution in [1.82, 2.24) is 9.88 Å². The fraction of sp³-hybridized carbons (Fsp3) is 0.222. The Kier molecular flexibility index (Phi) is 3.90. The number of aromatic amines is 1. The van der Waals surface area contributed by atoms with Crippen molar-refractivity contribution in [3.8, 4) is 0 Å². The summed E-state index contributed by atoms with van der Waals surface area (Å²) in [7, 11) is 0. The molecule has 1 aromatic carbocycles. The van der Waals surface area contributed by atoms with E-state index in [1.165, 1.54) is 34.6 Å². The van der Waals surface area contributed by atoms with Crippen molar-refractivity contribution in [2.24, 2.45) is 0 Å². The fourth-order valence-electron chi connectivity index (χ4n) is 3.13. The lowest BCUT2D eigenvalue weighted by Gasteiger charge is -2.27. The second-order valence-corrected chi connectivity index (χ2v) is 6.84. The highest BCUT2D eigenvalue weighted by Gasteiger charge is 2.24. The van der Waals surface area contributed by atoms with Crippen LogP contribution in [0.1, 0.15) is 11.3 Å². The summed E-state index contributed by atoms with van der Waals surface area (Å²) in [6.45, 7) is 1.34. The summed E-state index contributed by atoms with van der Waals surface area (Å²) in [6.07, 6.45) is 2.29. The molecule has 1 aliphatic rings. The standard InChI is InChI=1S/C18H17N3O2S/c22-17(12-24-18-7-3-4-9-21(18)23)20-10-8-16-14(11-20)13-5-1-2-6-15(13)19-16/h1-7,9,19H,8,10-12H2.